The van der Waals surface area contributed by atoms with E-state index in [1.54, 1.807) is 0 Å². The van der Waals surface area contributed by atoms with Crippen LogP contribution >= 0.6 is 11.9 Å². The fourth-order valence-corrected chi connectivity index (χ4v) is 0.680. The zero-order chi connectivity index (χ0) is 10.5. The van der Waals surface area contributed by atoms with E-state index in [-0.39, 0.29) is 26.2 Å². The molecular weight excluding hydrogens is 287 g/mol. The first-order valence-corrected chi connectivity index (χ1v) is 4.69. The van der Waals surface area contributed by atoms with Crippen LogP contribution < -0.4 is 0 Å². The van der Waals surface area contributed by atoms with Gasteiger partial charge in [-0.1, -0.05) is 6.61 Å². The second kappa shape index (κ2) is 16.5. The topological polar surface area (TPSA) is 9.23 Å². The summed E-state index contributed by atoms with van der Waals surface area (Å²) >= 11 is 4.62. The summed E-state index contributed by atoms with van der Waals surface area (Å²) in [6, 6.07) is 0. The van der Waals surface area contributed by atoms with Gasteiger partial charge < -0.3 is 11.2 Å². The molecule has 15 heavy (non-hydrogen) atoms. The molecule has 0 aromatic carbocycles. The zero-order valence-corrected chi connectivity index (χ0v) is 11.8. The molecule has 0 aliphatic heterocycles. The number of hydrogen-bond donors (Lipinski definition) is 0. The quantitative estimate of drug-likeness (QED) is 0.672. The Hall–Kier alpha value is 0.0931. The van der Waals surface area contributed by atoms with Crippen LogP contribution in [0.5, 0.6) is 0 Å². The van der Waals surface area contributed by atoms with E-state index in [4.69, 9.17) is 0 Å². The maximum absolute atomic E-state index is 4.62. The van der Waals surface area contributed by atoms with Crippen molar-refractivity contribution in [1.29, 1.82) is 0 Å². The van der Waals surface area contributed by atoms with Gasteiger partial charge in [0.25, 0.3) is 0 Å². The van der Waals surface area contributed by atoms with Crippen molar-refractivity contribution in [2.75, 3.05) is 6.61 Å². The molecule has 0 aromatic heterocycles. The molecule has 0 spiro atoms. The van der Waals surface area contributed by atoms with Gasteiger partial charge >= 0.3 is 26.2 Å². The van der Waals surface area contributed by atoms with Crippen LogP contribution in [0, 0.1) is 19.1 Å². The largest absolute Gasteiger partial charge is 3.00 e. The average Bonchev–Trinajstić information content (AvgIpc) is 2.94. The molecular formula is C12H14ClOZr. The van der Waals surface area contributed by atoms with Crippen molar-refractivity contribution in [3.8, 4) is 0 Å². The van der Waals surface area contributed by atoms with Gasteiger partial charge in [0.1, 0.15) is 0 Å². The fourth-order valence-electron chi connectivity index (χ4n) is 0.680. The molecule has 0 N–H and O–H groups in total. The summed E-state index contributed by atoms with van der Waals surface area (Å²) in [5.41, 5.74) is 0. The Bertz CT molecular complexity index is 176. The van der Waals surface area contributed by atoms with Crippen molar-refractivity contribution in [3.05, 3.63) is 55.5 Å². The van der Waals surface area contributed by atoms with Crippen molar-refractivity contribution >= 4 is 11.9 Å². The first kappa shape index (κ1) is 17.5. The van der Waals surface area contributed by atoms with E-state index in [1.165, 1.54) is 0 Å². The summed E-state index contributed by atoms with van der Waals surface area (Å²) in [6.07, 6.45) is 20.0. The van der Waals surface area contributed by atoms with Crippen LogP contribution in [0.25, 0.3) is 0 Å². The molecule has 0 unspecified atom stereocenters. The van der Waals surface area contributed by atoms with Gasteiger partial charge in [0, 0.05) is 0 Å². The van der Waals surface area contributed by atoms with Crippen LogP contribution in [0.15, 0.2) is 36.5 Å². The fraction of sp³-hybridized carbons (Fsp3) is 0.250. The van der Waals surface area contributed by atoms with Gasteiger partial charge in [-0.3, -0.25) is 12.2 Å². The molecule has 0 saturated carbocycles. The summed E-state index contributed by atoms with van der Waals surface area (Å²) in [7, 11) is 0. The van der Waals surface area contributed by atoms with E-state index in [9.17, 15) is 0 Å². The van der Waals surface area contributed by atoms with Crippen molar-refractivity contribution in [2.45, 2.75) is 12.8 Å². The normalized spacial score (nSPS) is 13.7. The Labute approximate surface area is 117 Å². The van der Waals surface area contributed by atoms with Crippen molar-refractivity contribution in [1.82, 2.24) is 0 Å². The molecule has 2 aliphatic carbocycles. The summed E-state index contributed by atoms with van der Waals surface area (Å²) in [5, 5.41) is 0. The third kappa shape index (κ3) is 16.7. The van der Waals surface area contributed by atoms with Gasteiger partial charge in [0.05, 0.1) is 11.9 Å². The molecule has 0 fully saturated rings. The minimum absolute atomic E-state index is 0. The molecule has 0 heterocycles. The van der Waals surface area contributed by atoms with Crippen LogP contribution in [0.2, 0.25) is 0 Å². The van der Waals surface area contributed by atoms with Crippen LogP contribution in [0.4, 0.5) is 0 Å². The molecule has 79 valence electrons. The molecule has 0 aromatic rings. The average molecular weight is 301 g/mol. The molecule has 0 bridgehead atoms. The van der Waals surface area contributed by atoms with E-state index < -0.39 is 0 Å². The summed E-state index contributed by atoms with van der Waals surface area (Å²) in [5.74, 6) is 0. The second-order valence-corrected chi connectivity index (χ2v) is 2.54. The van der Waals surface area contributed by atoms with Gasteiger partial charge in [0.15, 0.2) is 0 Å². The molecule has 2 rings (SSSR count). The maximum Gasteiger partial charge on any atom is 3.00 e. The van der Waals surface area contributed by atoms with Gasteiger partial charge in [-0.15, -0.1) is 12.8 Å². The molecule has 3 heteroatoms. The van der Waals surface area contributed by atoms with Crippen LogP contribution in [-0.2, 0) is 30.5 Å². The predicted molar refractivity (Wildman–Crippen MR) is 60.3 cm³/mol. The summed E-state index contributed by atoms with van der Waals surface area (Å²) in [4.78, 5) is 0. The number of hydrogen-bond acceptors (Lipinski definition) is 1. The Morgan fingerprint density at radius 3 is 1.60 bits per heavy atom. The molecule has 1 radical (unpaired) electrons. The van der Waals surface area contributed by atoms with Gasteiger partial charge in [-0.05, 0) is 0 Å². The van der Waals surface area contributed by atoms with Crippen molar-refractivity contribution < 1.29 is 30.5 Å². The zero-order valence-electron chi connectivity index (χ0n) is 8.58. The third-order valence-electron chi connectivity index (χ3n) is 1.25. The minimum atomic E-state index is 0. The van der Waals surface area contributed by atoms with Gasteiger partial charge in [-0.25, -0.2) is 24.3 Å². The van der Waals surface area contributed by atoms with Gasteiger partial charge in [-0.2, -0.15) is 12.2 Å². The van der Waals surface area contributed by atoms with E-state index >= 15 is 0 Å². The first-order valence-electron chi connectivity index (χ1n) is 4.38. The Balaban J connectivity index is 0. The molecule has 2 aliphatic rings. The van der Waals surface area contributed by atoms with E-state index in [1.807, 2.05) is 24.3 Å². The SMILES string of the molecule is [C-]1=CC=CC1.[C-]1=CC=CC1.[CH2-]COCl.[Zr+3]. The van der Waals surface area contributed by atoms with Gasteiger partial charge in [0.2, 0.25) is 0 Å². The van der Waals surface area contributed by atoms with E-state index in [0.29, 0.717) is 6.61 Å². The van der Waals surface area contributed by atoms with E-state index in [2.05, 4.69) is 47.4 Å². The predicted octanol–water partition coefficient (Wildman–Crippen LogP) is 3.60. The molecule has 0 atom stereocenters. The van der Waals surface area contributed by atoms with E-state index in [0.717, 1.165) is 12.8 Å². The second-order valence-electron chi connectivity index (χ2n) is 2.32. The Morgan fingerprint density at radius 1 is 1.13 bits per heavy atom. The number of rotatable bonds is 1. The monoisotopic (exact) mass is 299 g/mol. The standard InChI is InChI=1S/2C5H5.C2H4ClO.Zr/c2*1-2-4-5-3-1;1-2-4-3;/h2*1-3H,4H2;1-2H2;/q3*-1;+3. The summed E-state index contributed by atoms with van der Waals surface area (Å²) < 4.78 is 3.90. The van der Waals surface area contributed by atoms with Crippen LogP contribution in [0.3, 0.4) is 0 Å². The Morgan fingerprint density at radius 2 is 1.53 bits per heavy atom. The van der Waals surface area contributed by atoms with Crippen molar-refractivity contribution in [2.24, 2.45) is 0 Å². The summed E-state index contributed by atoms with van der Waals surface area (Å²) in [6.45, 7) is 3.58. The third-order valence-corrected chi connectivity index (χ3v) is 1.40. The number of allylic oxidation sites excluding steroid dienone is 8. The maximum atomic E-state index is 4.62. The first-order chi connectivity index (χ1) is 6.91. The molecule has 0 saturated heterocycles. The Kier molecular flexibility index (Phi) is 19.3. The smallest absolute Gasteiger partial charge is 0.316 e. The van der Waals surface area contributed by atoms with Crippen molar-refractivity contribution in [3.63, 3.8) is 0 Å². The van der Waals surface area contributed by atoms with Crippen LogP contribution in [-0.4, -0.2) is 6.61 Å². The number of halogens is 1. The molecule has 1 nitrogen and oxygen atoms in total. The minimum Gasteiger partial charge on any atom is -0.316 e. The van der Waals surface area contributed by atoms with Crippen LogP contribution in [0.1, 0.15) is 12.8 Å². The molecule has 0 amide bonds.